The number of hydrogen-bond acceptors (Lipinski definition) is 2. The van der Waals surface area contributed by atoms with Crippen molar-refractivity contribution in [3.8, 4) is 0 Å². The van der Waals surface area contributed by atoms with Gasteiger partial charge in [0.25, 0.3) is 0 Å². The first-order chi connectivity index (χ1) is 7.78. The molecule has 0 aromatic carbocycles. The number of nitrogens with one attached hydrogen (secondary N) is 2. The Bertz CT molecular complexity index is 274. The fourth-order valence-electron chi connectivity index (χ4n) is 1.63. The Morgan fingerprint density at radius 1 is 1.41 bits per heavy atom. The van der Waals surface area contributed by atoms with Gasteiger partial charge in [-0.2, -0.15) is 13.2 Å². The highest BCUT2D eigenvalue weighted by Crippen LogP contribution is 2.47. The van der Waals surface area contributed by atoms with E-state index in [1.165, 1.54) is 0 Å². The van der Waals surface area contributed by atoms with E-state index in [4.69, 9.17) is 0 Å². The van der Waals surface area contributed by atoms with Crippen LogP contribution in [0.2, 0.25) is 0 Å². The van der Waals surface area contributed by atoms with E-state index in [0.29, 0.717) is 6.54 Å². The van der Waals surface area contributed by atoms with Crippen LogP contribution in [-0.4, -0.2) is 31.2 Å². The maximum Gasteiger partial charge on any atom is 0.405 e. The van der Waals surface area contributed by atoms with Crippen molar-refractivity contribution >= 4 is 5.91 Å². The van der Waals surface area contributed by atoms with Gasteiger partial charge in [-0.05, 0) is 31.6 Å². The van der Waals surface area contributed by atoms with Gasteiger partial charge < -0.3 is 10.6 Å². The summed E-state index contributed by atoms with van der Waals surface area (Å²) >= 11 is 0. The molecule has 1 aliphatic rings. The van der Waals surface area contributed by atoms with E-state index in [0.717, 1.165) is 19.3 Å². The molecule has 0 spiro atoms. The van der Waals surface area contributed by atoms with Gasteiger partial charge in [0.1, 0.15) is 6.54 Å². The van der Waals surface area contributed by atoms with Crippen LogP contribution in [0, 0.1) is 5.41 Å². The molecule has 0 radical (unpaired) electrons. The molecule has 1 saturated carbocycles. The molecule has 1 unspecified atom stereocenters. The summed E-state index contributed by atoms with van der Waals surface area (Å²) in [6.45, 7) is 3.10. The monoisotopic (exact) mass is 252 g/mol. The van der Waals surface area contributed by atoms with Crippen molar-refractivity contribution in [1.29, 1.82) is 0 Å². The van der Waals surface area contributed by atoms with Gasteiger partial charge in [0.05, 0.1) is 6.04 Å². The highest BCUT2D eigenvalue weighted by Gasteiger charge is 2.40. The fourth-order valence-corrected chi connectivity index (χ4v) is 1.63. The number of carbonyl (C=O) groups is 1. The summed E-state index contributed by atoms with van der Waals surface area (Å²) in [5, 5.41) is 4.86. The van der Waals surface area contributed by atoms with Gasteiger partial charge in [-0.3, -0.25) is 4.79 Å². The molecule has 0 aliphatic heterocycles. The van der Waals surface area contributed by atoms with Gasteiger partial charge in [-0.25, -0.2) is 0 Å². The van der Waals surface area contributed by atoms with E-state index in [2.05, 4.69) is 12.2 Å². The lowest BCUT2D eigenvalue weighted by atomic mass is 10.0. The molecule has 1 aliphatic carbocycles. The van der Waals surface area contributed by atoms with Gasteiger partial charge in [-0.15, -0.1) is 0 Å². The van der Waals surface area contributed by atoms with Crippen LogP contribution < -0.4 is 10.6 Å². The molecule has 0 saturated heterocycles. The third kappa shape index (κ3) is 4.93. The zero-order chi connectivity index (χ0) is 13.1. The minimum absolute atomic E-state index is 0.276. The van der Waals surface area contributed by atoms with Gasteiger partial charge in [0.2, 0.25) is 5.91 Å². The minimum Gasteiger partial charge on any atom is -0.346 e. The van der Waals surface area contributed by atoms with Crippen LogP contribution >= 0.6 is 0 Å². The van der Waals surface area contributed by atoms with Crippen LogP contribution in [0.25, 0.3) is 0 Å². The predicted octanol–water partition coefficient (Wildman–Crippen LogP) is 1.83. The van der Waals surface area contributed by atoms with Crippen molar-refractivity contribution < 1.29 is 18.0 Å². The van der Waals surface area contributed by atoms with Crippen molar-refractivity contribution in [2.75, 3.05) is 13.1 Å². The standard InChI is InChI=1S/C11H19F3N2O/c1-3-10(4-5-10)6-15-8(2)9(17)16-7-11(12,13)14/h8,15H,3-7H2,1-2H3,(H,16,17). The summed E-state index contributed by atoms with van der Waals surface area (Å²) < 4.78 is 35.7. The Morgan fingerprint density at radius 2 is 2.00 bits per heavy atom. The van der Waals surface area contributed by atoms with Crippen LogP contribution in [0.4, 0.5) is 13.2 Å². The fraction of sp³-hybridized carbons (Fsp3) is 0.909. The van der Waals surface area contributed by atoms with Crippen molar-refractivity contribution in [1.82, 2.24) is 10.6 Å². The van der Waals surface area contributed by atoms with Crippen molar-refractivity contribution in [2.45, 2.75) is 45.3 Å². The first-order valence-corrected chi connectivity index (χ1v) is 5.86. The minimum atomic E-state index is -4.35. The molecule has 2 N–H and O–H groups in total. The molecule has 0 aromatic heterocycles. The molecule has 1 rings (SSSR count). The highest BCUT2D eigenvalue weighted by molar-refractivity contribution is 5.81. The number of amides is 1. The van der Waals surface area contributed by atoms with Crippen molar-refractivity contribution in [2.24, 2.45) is 5.41 Å². The van der Waals surface area contributed by atoms with Crippen molar-refractivity contribution in [3.63, 3.8) is 0 Å². The summed E-state index contributed by atoms with van der Waals surface area (Å²) in [4.78, 5) is 11.3. The first-order valence-electron chi connectivity index (χ1n) is 5.86. The van der Waals surface area contributed by atoms with Crippen LogP contribution in [-0.2, 0) is 4.79 Å². The zero-order valence-electron chi connectivity index (χ0n) is 10.2. The SMILES string of the molecule is CCC1(CNC(C)C(=O)NCC(F)(F)F)CC1. The Labute approximate surface area is 99.1 Å². The van der Waals surface area contributed by atoms with E-state index < -0.39 is 24.7 Å². The number of hydrogen-bond donors (Lipinski definition) is 2. The summed E-state index contributed by atoms with van der Waals surface area (Å²) in [7, 11) is 0. The molecule has 1 atom stereocenters. The Hall–Kier alpha value is -0.780. The molecule has 0 bridgehead atoms. The maximum absolute atomic E-state index is 11.9. The van der Waals surface area contributed by atoms with Crippen LogP contribution in [0.5, 0.6) is 0 Å². The highest BCUT2D eigenvalue weighted by atomic mass is 19.4. The summed E-state index contributed by atoms with van der Waals surface area (Å²) in [5.74, 6) is -0.603. The summed E-state index contributed by atoms with van der Waals surface area (Å²) in [6, 6.07) is -0.582. The second-order valence-corrected chi connectivity index (χ2v) is 4.79. The quantitative estimate of drug-likeness (QED) is 0.757. The molecule has 6 heteroatoms. The second-order valence-electron chi connectivity index (χ2n) is 4.79. The van der Waals surface area contributed by atoms with Crippen LogP contribution in [0.3, 0.4) is 0 Å². The predicted molar refractivity (Wildman–Crippen MR) is 58.5 cm³/mol. The van der Waals surface area contributed by atoms with Gasteiger partial charge in [0, 0.05) is 6.54 Å². The summed E-state index contributed by atoms with van der Waals surface area (Å²) in [6.07, 6.45) is -1.05. The van der Waals surface area contributed by atoms with Gasteiger partial charge >= 0.3 is 6.18 Å². The molecule has 1 fully saturated rings. The lowest BCUT2D eigenvalue weighted by molar-refractivity contribution is -0.139. The molecule has 0 aromatic rings. The molecule has 1 amide bonds. The van der Waals surface area contributed by atoms with Gasteiger partial charge in [-0.1, -0.05) is 6.92 Å². The largest absolute Gasteiger partial charge is 0.405 e. The van der Waals surface area contributed by atoms with E-state index in [1.54, 1.807) is 6.92 Å². The molecular weight excluding hydrogens is 233 g/mol. The normalized spacial score (nSPS) is 19.8. The van der Waals surface area contributed by atoms with E-state index in [9.17, 15) is 18.0 Å². The van der Waals surface area contributed by atoms with E-state index in [-0.39, 0.29) is 5.41 Å². The lowest BCUT2D eigenvalue weighted by Gasteiger charge is -2.19. The average molecular weight is 252 g/mol. The average Bonchev–Trinajstić information content (AvgIpc) is 3.02. The molecule has 0 heterocycles. The zero-order valence-corrected chi connectivity index (χ0v) is 10.2. The Kier molecular flexibility index (Phi) is 4.41. The van der Waals surface area contributed by atoms with Gasteiger partial charge in [0.15, 0.2) is 0 Å². The smallest absolute Gasteiger partial charge is 0.346 e. The van der Waals surface area contributed by atoms with E-state index in [1.807, 2.05) is 5.32 Å². The third-order valence-electron chi connectivity index (χ3n) is 3.35. The maximum atomic E-state index is 11.9. The summed E-state index contributed by atoms with van der Waals surface area (Å²) in [5.41, 5.74) is 0.276. The van der Waals surface area contributed by atoms with Crippen molar-refractivity contribution in [3.05, 3.63) is 0 Å². The molecule has 100 valence electrons. The van der Waals surface area contributed by atoms with E-state index >= 15 is 0 Å². The number of alkyl halides is 3. The topological polar surface area (TPSA) is 41.1 Å². The number of halogens is 3. The Morgan fingerprint density at radius 3 is 2.41 bits per heavy atom. The van der Waals surface area contributed by atoms with Crippen LogP contribution in [0.1, 0.15) is 33.1 Å². The number of rotatable bonds is 6. The molecular formula is C11H19F3N2O. The lowest BCUT2D eigenvalue weighted by Crippen LogP contribution is -2.46. The second kappa shape index (κ2) is 5.25. The van der Waals surface area contributed by atoms with Crippen LogP contribution in [0.15, 0.2) is 0 Å². The third-order valence-corrected chi connectivity index (χ3v) is 3.35. The number of carbonyl (C=O) groups excluding carboxylic acids is 1. The molecule has 17 heavy (non-hydrogen) atoms. The first kappa shape index (κ1) is 14.3. The molecule has 3 nitrogen and oxygen atoms in total. The Balaban J connectivity index is 2.23.